The first-order valence-electron chi connectivity index (χ1n) is 24.9. The zero-order chi connectivity index (χ0) is 54.2. The van der Waals surface area contributed by atoms with Crippen LogP contribution in [0.5, 0.6) is 0 Å². The lowest BCUT2D eigenvalue weighted by Crippen LogP contribution is -2.03. The topological polar surface area (TPSA) is 99.3 Å². The van der Waals surface area contributed by atoms with E-state index in [0.29, 0.717) is 21.7 Å². The average Bonchev–Trinajstić information content (AvgIpc) is 3.45. The van der Waals surface area contributed by atoms with Gasteiger partial charge in [-0.1, -0.05) is 199 Å². The molecule has 0 amide bonds. The smallest absolute Gasteiger partial charge is 0.187 e. The fourth-order valence-electron chi connectivity index (χ4n) is 7.50. The molecular weight excluding hydrogens is 1010 g/mol. The molecule has 0 aliphatic carbocycles. The van der Waals surface area contributed by atoms with Crippen LogP contribution in [0.1, 0.15) is 57.4 Å². The maximum atomic E-state index is 12.4. The average molecular weight is 1070 g/mol. The van der Waals surface area contributed by atoms with Gasteiger partial charge in [0.2, 0.25) is 0 Å². The lowest BCUT2D eigenvalue weighted by Gasteiger charge is -2.14. The van der Waals surface area contributed by atoms with E-state index in [0.717, 1.165) is 60.2 Å². The summed E-state index contributed by atoms with van der Waals surface area (Å²) in [6.07, 6.45) is 4.88. The molecule has 0 fully saturated rings. The number of halogens is 1. The highest BCUT2D eigenvalue weighted by Crippen LogP contribution is 2.37. The Morgan fingerprint density at radius 2 is 0.714 bits per heavy atom. The molecule has 0 saturated carbocycles. The molecule has 0 spiro atoms. The number of para-hydroxylation sites is 3. The minimum absolute atomic E-state index is 0.0000240. The van der Waals surface area contributed by atoms with Crippen LogP contribution in [0.2, 0.25) is 5.02 Å². The normalized spacial score (nSPS) is 11.2. The first-order chi connectivity index (χ1) is 37.4. The van der Waals surface area contributed by atoms with Crippen LogP contribution < -0.4 is 21.3 Å². The second-order valence-electron chi connectivity index (χ2n) is 17.6. The number of nitrogens with one attached hydrogen (secondary N) is 4. The molecule has 0 aromatic heterocycles. The third-order valence-corrected chi connectivity index (χ3v) is 13.6. The summed E-state index contributed by atoms with van der Waals surface area (Å²) >= 11 is 9.51. The van der Waals surface area contributed by atoms with Crippen LogP contribution in [0.4, 0.5) is 28.4 Å². The minimum atomic E-state index is -0.0261. The summed E-state index contributed by atoms with van der Waals surface area (Å²) in [5.74, 6) is -0.0408. The number of anilines is 5. The van der Waals surface area contributed by atoms with Gasteiger partial charge in [0.25, 0.3) is 0 Å². The van der Waals surface area contributed by atoms with Gasteiger partial charge < -0.3 is 21.3 Å². The van der Waals surface area contributed by atoms with E-state index in [2.05, 4.69) is 70.7 Å². The number of allylic oxidation sites excluding steroid dienone is 6. The third kappa shape index (κ3) is 18.6. The van der Waals surface area contributed by atoms with Gasteiger partial charge in [0.05, 0.1) is 22.7 Å². The molecule has 9 aromatic rings. The van der Waals surface area contributed by atoms with E-state index in [1.165, 1.54) is 10.5 Å². The second-order valence-corrected chi connectivity index (χ2v) is 20.2. The minimum Gasteiger partial charge on any atom is -0.358 e. The molecule has 77 heavy (non-hydrogen) atoms. The first kappa shape index (κ1) is 56.1. The number of benzene rings is 9. The Morgan fingerprint density at radius 3 is 1.14 bits per heavy atom. The van der Waals surface area contributed by atoms with Crippen LogP contribution in [-0.2, 0) is 0 Å². The van der Waals surface area contributed by atoms with Gasteiger partial charge >= 0.3 is 0 Å². The van der Waals surface area contributed by atoms with Crippen molar-refractivity contribution < 1.29 is 14.4 Å². The van der Waals surface area contributed by atoms with Crippen molar-refractivity contribution in [3.63, 3.8) is 0 Å². The van der Waals surface area contributed by atoms with Crippen LogP contribution in [0.25, 0.3) is 0 Å². The molecule has 9 aromatic carbocycles. The molecule has 0 unspecified atom stereocenters. The summed E-state index contributed by atoms with van der Waals surface area (Å²) in [5, 5.41) is 14.1. The molecule has 0 heterocycles. The Bertz CT molecular complexity index is 3290. The van der Waals surface area contributed by atoms with Crippen molar-refractivity contribution in [1.82, 2.24) is 0 Å². The molecule has 384 valence electrons. The molecule has 4 N–H and O–H groups in total. The van der Waals surface area contributed by atoms with Crippen LogP contribution >= 0.6 is 35.1 Å². The molecule has 0 radical (unpaired) electrons. The third-order valence-electron chi connectivity index (χ3n) is 11.2. The molecule has 0 atom stereocenters. The lowest BCUT2D eigenvalue weighted by atomic mass is 10.1. The van der Waals surface area contributed by atoms with E-state index in [1.807, 2.05) is 221 Å². The van der Waals surface area contributed by atoms with Crippen molar-refractivity contribution in [2.24, 2.45) is 0 Å². The lowest BCUT2D eigenvalue weighted by molar-refractivity contribution is 0.103. The molecule has 0 aliphatic heterocycles. The largest absolute Gasteiger partial charge is 0.358 e. The van der Waals surface area contributed by atoms with Crippen molar-refractivity contribution >= 4 is 80.9 Å². The fourth-order valence-corrected chi connectivity index (χ4v) is 9.72. The SMILES string of the molecule is C/C(=C/C(=O)c1ccccc1)Nc1ccc(C)cc1Sc1ccccc1.C/C(=C/C(=O)c1ccccc1)Nc1ccc(Cl)cc1Sc1ccccc1.C/C(=C/C(=O)c1ccccc1)Nc1ccccc1Nc1ccccc1. The van der Waals surface area contributed by atoms with Crippen molar-refractivity contribution in [3.8, 4) is 0 Å². The Hall–Kier alpha value is -8.60. The van der Waals surface area contributed by atoms with Crippen LogP contribution in [0.3, 0.4) is 0 Å². The fraction of sp³-hybridized carbons (Fsp3) is 0.0597. The highest BCUT2D eigenvalue weighted by atomic mass is 35.5. The maximum absolute atomic E-state index is 12.4. The molecule has 7 nitrogen and oxygen atoms in total. The van der Waals surface area contributed by atoms with Gasteiger partial charge in [0, 0.05) is 82.3 Å². The van der Waals surface area contributed by atoms with Gasteiger partial charge in [-0.3, -0.25) is 14.4 Å². The van der Waals surface area contributed by atoms with Gasteiger partial charge in [-0.05, 0) is 112 Å². The van der Waals surface area contributed by atoms with E-state index in [-0.39, 0.29) is 17.3 Å². The van der Waals surface area contributed by atoms with Gasteiger partial charge in [-0.2, -0.15) is 0 Å². The van der Waals surface area contributed by atoms with E-state index in [4.69, 9.17) is 11.6 Å². The predicted molar refractivity (Wildman–Crippen MR) is 324 cm³/mol. The zero-order valence-electron chi connectivity index (χ0n) is 43.2. The molecule has 0 bridgehead atoms. The highest BCUT2D eigenvalue weighted by molar-refractivity contribution is 7.99. The summed E-state index contributed by atoms with van der Waals surface area (Å²) in [4.78, 5) is 41.4. The molecular formula is C67H59ClN4O3S2. The molecule has 0 aliphatic rings. The molecule has 0 saturated heterocycles. The van der Waals surface area contributed by atoms with E-state index in [1.54, 1.807) is 41.8 Å². The number of aryl methyl sites for hydroxylation is 1. The second kappa shape index (κ2) is 29.5. The highest BCUT2D eigenvalue weighted by Gasteiger charge is 2.11. The number of hydrogen-bond donors (Lipinski definition) is 4. The Labute approximate surface area is 466 Å². The van der Waals surface area contributed by atoms with E-state index in [9.17, 15) is 14.4 Å². The number of ketones is 3. The van der Waals surface area contributed by atoms with Crippen molar-refractivity contribution in [2.75, 3.05) is 21.3 Å². The Balaban J connectivity index is 0.000000168. The van der Waals surface area contributed by atoms with Gasteiger partial charge in [0.15, 0.2) is 17.3 Å². The molecule has 9 rings (SSSR count). The van der Waals surface area contributed by atoms with Crippen LogP contribution in [0, 0.1) is 6.92 Å². The van der Waals surface area contributed by atoms with Crippen LogP contribution in [-0.4, -0.2) is 17.3 Å². The summed E-state index contributed by atoms with van der Waals surface area (Å²) in [6.45, 7) is 7.77. The van der Waals surface area contributed by atoms with Crippen molar-refractivity contribution in [3.05, 3.63) is 305 Å². The van der Waals surface area contributed by atoms with E-state index >= 15 is 0 Å². The van der Waals surface area contributed by atoms with Crippen molar-refractivity contribution in [2.45, 2.75) is 47.3 Å². The summed E-state index contributed by atoms with van der Waals surface area (Å²) in [6, 6.07) is 78.1. The van der Waals surface area contributed by atoms with Crippen LogP contribution in [0.15, 0.2) is 298 Å². The molecule has 10 heteroatoms. The zero-order valence-corrected chi connectivity index (χ0v) is 45.6. The Kier molecular flexibility index (Phi) is 21.5. The predicted octanol–water partition coefficient (Wildman–Crippen LogP) is 18.7. The van der Waals surface area contributed by atoms with Gasteiger partial charge in [-0.25, -0.2) is 0 Å². The number of carbonyl (C=O) groups excluding carboxylic acids is 3. The monoisotopic (exact) mass is 1070 g/mol. The van der Waals surface area contributed by atoms with E-state index < -0.39 is 0 Å². The standard InChI is InChI=1S/C23H21NOS.C22H18ClNOS.C22H20N2O/c1-17-13-14-21(23(15-17)26-20-11-7-4-8-12-20)24-18(2)16-22(25)19-9-5-3-6-10-19;1-16(14-21(25)17-8-4-2-5-9-17)24-20-13-12-18(23)15-22(20)26-19-10-6-3-7-11-19;1-17(16-22(25)18-10-4-2-5-11-18)23-20-14-8-9-15-21(20)24-19-12-6-3-7-13-19/h3-16,24H,1-2H3;2-15,24H,1H3;2-16,23-24H,1H3/b18-16-;16-14-;17-16-. The van der Waals surface area contributed by atoms with Gasteiger partial charge in [-0.15, -0.1) is 0 Å². The summed E-state index contributed by atoms with van der Waals surface area (Å²) in [7, 11) is 0. The first-order valence-corrected chi connectivity index (χ1v) is 26.9. The number of rotatable bonds is 18. The number of carbonyl (C=O) groups is 3. The van der Waals surface area contributed by atoms with Crippen molar-refractivity contribution in [1.29, 1.82) is 0 Å². The Morgan fingerprint density at radius 1 is 0.377 bits per heavy atom. The quantitative estimate of drug-likeness (QED) is 0.0495. The maximum Gasteiger partial charge on any atom is 0.187 e. The van der Waals surface area contributed by atoms with Gasteiger partial charge in [0.1, 0.15) is 0 Å². The summed E-state index contributed by atoms with van der Waals surface area (Å²) in [5.41, 5.74) is 10.4. The summed E-state index contributed by atoms with van der Waals surface area (Å²) < 4.78 is 0. The number of hydrogen-bond acceptors (Lipinski definition) is 9.